The number of ether oxygens (including phenoxy) is 2. The van der Waals surface area contributed by atoms with Gasteiger partial charge in [0.25, 0.3) is 0 Å². The molecule has 2 heterocycles. The van der Waals surface area contributed by atoms with E-state index in [4.69, 9.17) is 9.47 Å². The van der Waals surface area contributed by atoms with Crippen molar-refractivity contribution in [2.24, 2.45) is 5.92 Å². The molecule has 0 amide bonds. The van der Waals surface area contributed by atoms with Crippen LogP contribution < -0.4 is 8.96 Å². The fourth-order valence-electron chi connectivity index (χ4n) is 3.94. The van der Waals surface area contributed by atoms with Gasteiger partial charge in [0, 0.05) is 0 Å². The number of aromatic nitrogens is 1. The Bertz CT molecular complexity index is 789. The zero-order chi connectivity index (χ0) is 18.4. The molecule has 0 spiro atoms. The van der Waals surface area contributed by atoms with E-state index in [2.05, 4.69) is 72.2 Å². The van der Waals surface area contributed by atoms with Crippen molar-refractivity contribution in [3.8, 4) is 11.3 Å². The maximum absolute atomic E-state index is 5.95. The van der Waals surface area contributed by atoms with Gasteiger partial charge < -0.3 is 0 Å². The molecular weight excluding hydrogens is 371 g/mol. The molecule has 3 nitrogen and oxygen atoms in total. The van der Waals surface area contributed by atoms with Crippen LogP contribution in [0.1, 0.15) is 25.0 Å². The zero-order valence-electron chi connectivity index (χ0n) is 16.5. The number of pyridine rings is 1. The van der Waals surface area contributed by atoms with Crippen molar-refractivity contribution in [2.45, 2.75) is 43.4 Å². The minimum atomic E-state index is -2.06. The zero-order valence-corrected chi connectivity index (χ0v) is 18.6. The number of hydrogen-bond acceptors (Lipinski definition) is 2. The van der Waals surface area contributed by atoms with Gasteiger partial charge in [-0.15, -0.1) is 0 Å². The summed E-state index contributed by atoms with van der Waals surface area (Å²) in [6, 6.07) is 10.8. The summed E-state index contributed by atoms with van der Waals surface area (Å²) in [6.45, 7) is 4.59. The van der Waals surface area contributed by atoms with Gasteiger partial charge in [0.15, 0.2) is 0 Å². The number of methoxy groups -OCH3 is 2. The fourth-order valence-corrected chi connectivity index (χ4v) is 7.41. The minimum absolute atomic E-state index is 0.637. The normalized spacial score (nSPS) is 15.4. The molecule has 0 aliphatic carbocycles. The first-order valence-corrected chi connectivity index (χ1v) is 16.4. The SMILES string of the molecule is COC1(OC)c2ccccc2-c2cc(CC(C)C)[c]([Ge]([CH3])([CH3])[CH3])c[n+]21. The number of fused-ring (bicyclic) bond motifs is 3. The van der Waals surface area contributed by atoms with Gasteiger partial charge >= 0.3 is 154 Å². The van der Waals surface area contributed by atoms with E-state index in [9.17, 15) is 0 Å². The molecule has 0 unspecified atom stereocenters. The van der Waals surface area contributed by atoms with Crippen molar-refractivity contribution >= 4 is 17.7 Å². The Morgan fingerprint density at radius 2 is 1.72 bits per heavy atom. The van der Waals surface area contributed by atoms with Crippen LogP contribution >= 0.6 is 0 Å². The number of rotatable bonds is 5. The summed E-state index contributed by atoms with van der Waals surface area (Å²) in [5.74, 6) is 7.13. The van der Waals surface area contributed by atoms with E-state index >= 15 is 0 Å². The summed E-state index contributed by atoms with van der Waals surface area (Å²) < 4.78 is 15.6. The average Bonchev–Trinajstić information content (AvgIpc) is 2.82. The van der Waals surface area contributed by atoms with E-state index in [-0.39, 0.29) is 0 Å². The molecule has 0 radical (unpaired) electrons. The van der Waals surface area contributed by atoms with Gasteiger partial charge in [-0.25, -0.2) is 0 Å². The van der Waals surface area contributed by atoms with E-state index in [1.54, 1.807) is 14.2 Å². The number of hydrogen-bond donors (Lipinski definition) is 0. The van der Waals surface area contributed by atoms with Gasteiger partial charge in [-0.3, -0.25) is 0 Å². The van der Waals surface area contributed by atoms with Crippen molar-refractivity contribution in [3.05, 3.63) is 47.7 Å². The fraction of sp³-hybridized carbons (Fsp3) is 0.476. The van der Waals surface area contributed by atoms with Crippen LogP contribution in [-0.4, -0.2) is 27.5 Å². The standard InChI is InChI=1S/C21H30GeNO2/c1-15(2)12-16-13-20-17-10-8-9-11-18(17)21(24-6,25-7)23(20)14-19(16)22(3,4)5/h8-11,13-15H,12H2,1-7H3/q+1. The van der Waals surface area contributed by atoms with Crippen LogP contribution in [0.25, 0.3) is 11.3 Å². The second-order valence-corrected chi connectivity index (χ2v) is 18.9. The molecule has 0 fully saturated rings. The Balaban J connectivity index is 2.34. The molecule has 3 rings (SSSR count). The molecule has 1 aromatic carbocycles. The molecule has 0 saturated carbocycles. The van der Waals surface area contributed by atoms with Crippen molar-refractivity contribution in [2.75, 3.05) is 14.2 Å². The van der Waals surface area contributed by atoms with Gasteiger partial charge in [-0.1, -0.05) is 0 Å². The monoisotopic (exact) mass is 402 g/mol. The van der Waals surface area contributed by atoms with Crippen molar-refractivity contribution in [1.29, 1.82) is 0 Å². The van der Waals surface area contributed by atoms with E-state index in [0.29, 0.717) is 5.92 Å². The van der Waals surface area contributed by atoms with E-state index in [1.807, 2.05) is 0 Å². The Morgan fingerprint density at radius 3 is 2.28 bits per heavy atom. The van der Waals surface area contributed by atoms with Crippen LogP contribution in [0.15, 0.2) is 36.5 Å². The Hall–Kier alpha value is -1.17. The van der Waals surface area contributed by atoms with Gasteiger partial charge in [-0.05, 0) is 0 Å². The third kappa shape index (κ3) is 2.96. The number of benzene rings is 1. The van der Waals surface area contributed by atoms with E-state index in [1.165, 1.54) is 21.2 Å². The van der Waals surface area contributed by atoms with Gasteiger partial charge in [0.1, 0.15) is 0 Å². The molecule has 1 aliphatic rings. The molecular formula is C21H30GeNO2+. The molecule has 4 heteroatoms. The molecule has 134 valence electrons. The molecule has 25 heavy (non-hydrogen) atoms. The van der Waals surface area contributed by atoms with Crippen LogP contribution in [0.5, 0.6) is 0 Å². The molecule has 1 aromatic heterocycles. The van der Waals surface area contributed by atoms with Gasteiger partial charge in [-0.2, -0.15) is 0 Å². The van der Waals surface area contributed by atoms with Crippen LogP contribution in [0.3, 0.4) is 0 Å². The third-order valence-electron chi connectivity index (χ3n) is 5.02. The van der Waals surface area contributed by atoms with Crippen molar-refractivity contribution in [3.63, 3.8) is 0 Å². The summed E-state index contributed by atoms with van der Waals surface area (Å²) >= 11 is -2.06. The summed E-state index contributed by atoms with van der Waals surface area (Å²) in [4.78, 5) is 0. The average molecular weight is 401 g/mol. The quantitative estimate of drug-likeness (QED) is 0.434. The van der Waals surface area contributed by atoms with Gasteiger partial charge in [0.2, 0.25) is 0 Å². The first-order chi connectivity index (χ1) is 11.7. The van der Waals surface area contributed by atoms with E-state index in [0.717, 1.165) is 12.0 Å². The van der Waals surface area contributed by atoms with E-state index < -0.39 is 19.2 Å². The second kappa shape index (κ2) is 6.53. The summed E-state index contributed by atoms with van der Waals surface area (Å²) in [6.07, 6.45) is 3.43. The Kier molecular flexibility index (Phi) is 4.86. The molecule has 0 atom stereocenters. The molecule has 2 aromatic rings. The molecule has 0 N–H and O–H groups in total. The molecule has 0 saturated heterocycles. The predicted molar refractivity (Wildman–Crippen MR) is 105 cm³/mol. The first-order valence-electron chi connectivity index (χ1n) is 9.04. The Morgan fingerprint density at radius 1 is 1.08 bits per heavy atom. The Labute approximate surface area is 154 Å². The van der Waals surface area contributed by atoms with Crippen molar-refractivity contribution in [1.82, 2.24) is 0 Å². The first kappa shape index (κ1) is 18.6. The van der Waals surface area contributed by atoms with Crippen LogP contribution in [0.4, 0.5) is 0 Å². The maximum atomic E-state index is 5.95. The second-order valence-electron chi connectivity index (χ2n) is 8.35. The van der Waals surface area contributed by atoms with Crippen LogP contribution in [0, 0.1) is 5.92 Å². The number of nitrogens with zero attached hydrogens (tertiary/aromatic N) is 1. The van der Waals surface area contributed by atoms with Crippen LogP contribution in [0.2, 0.25) is 17.3 Å². The van der Waals surface area contributed by atoms with Crippen LogP contribution in [-0.2, 0) is 21.8 Å². The molecule has 1 aliphatic heterocycles. The summed E-state index contributed by atoms with van der Waals surface area (Å²) in [7, 11) is 3.45. The third-order valence-corrected chi connectivity index (χ3v) is 9.36. The topological polar surface area (TPSA) is 22.3 Å². The molecule has 0 bridgehead atoms. The van der Waals surface area contributed by atoms with Crippen molar-refractivity contribution < 1.29 is 14.0 Å². The summed E-state index contributed by atoms with van der Waals surface area (Å²) in [5.41, 5.74) is 4.95. The van der Waals surface area contributed by atoms with Gasteiger partial charge in [0.05, 0.1) is 0 Å². The predicted octanol–water partition coefficient (Wildman–Crippen LogP) is 3.65. The summed E-state index contributed by atoms with van der Waals surface area (Å²) in [5, 5.41) is 0.